The third-order valence-electron chi connectivity index (χ3n) is 6.66. The van der Waals surface area contributed by atoms with Gasteiger partial charge in [-0.3, -0.25) is 4.79 Å². The summed E-state index contributed by atoms with van der Waals surface area (Å²) in [5.41, 5.74) is 5.13. The quantitative estimate of drug-likeness (QED) is 0.606. The molecule has 1 aromatic carbocycles. The average molecular weight is 428 g/mol. The van der Waals surface area contributed by atoms with E-state index in [0.717, 1.165) is 61.2 Å². The van der Waals surface area contributed by atoms with Crippen molar-refractivity contribution >= 4 is 11.5 Å². The lowest BCUT2D eigenvalue weighted by Crippen LogP contribution is -2.38. The summed E-state index contributed by atoms with van der Waals surface area (Å²) in [5.74, 6) is -0.00518. The minimum atomic E-state index is -0.655. The number of aliphatic carboxylic acids is 1. The Kier molecular flexibility index (Phi) is 7.37. The Labute approximate surface area is 185 Å². The molecule has 0 aromatic heterocycles. The summed E-state index contributed by atoms with van der Waals surface area (Å²) in [6, 6.07) is 4.96. The molecule has 1 saturated heterocycles. The van der Waals surface area contributed by atoms with Crippen LogP contribution in [0.2, 0.25) is 0 Å². The van der Waals surface area contributed by atoms with Gasteiger partial charge in [-0.1, -0.05) is 23.8 Å². The number of hydrogen-bond acceptors (Lipinski definition) is 3. The number of ether oxygens (including phenoxy) is 1. The second-order valence-electron chi connectivity index (χ2n) is 8.78. The van der Waals surface area contributed by atoms with Crippen LogP contribution in [0.1, 0.15) is 64.5 Å². The zero-order valence-corrected chi connectivity index (χ0v) is 19.1. The molecule has 0 spiro atoms. The molecule has 168 valence electrons. The molecule has 4 rings (SSSR count). The normalized spacial score (nSPS) is 20.5. The molecule has 31 heavy (non-hydrogen) atoms. The summed E-state index contributed by atoms with van der Waals surface area (Å²) in [6.45, 7) is 10.8. The molecule has 0 bridgehead atoms. The van der Waals surface area contributed by atoms with Crippen molar-refractivity contribution in [2.45, 2.75) is 60.0 Å². The summed E-state index contributed by atoms with van der Waals surface area (Å²) in [7, 11) is 0. The third kappa shape index (κ3) is 5.27. The van der Waals surface area contributed by atoms with E-state index < -0.39 is 11.4 Å². The fourth-order valence-electron chi connectivity index (χ4n) is 4.30. The van der Waals surface area contributed by atoms with Crippen LogP contribution in [0, 0.1) is 11.2 Å². The van der Waals surface area contributed by atoms with E-state index in [2.05, 4.69) is 11.8 Å². The largest absolute Gasteiger partial charge is 0.493 e. The number of carbonyl (C=O) groups is 1. The van der Waals surface area contributed by atoms with E-state index in [4.69, 9.17) is 4.74 Å². The second kappa shape index (κ2) is 9.82. The van der Waals surface area contributed by atoms with Crippen molar-refractivity contribution in [1.29, 1.82) is 0 Å². The van der Waals surface area contributed by atoms with E-state index >= 15 is 0 Å². The van der Waals surface area contributed by atoms with E-state index in [0.29, 0.717) is 13.2 Å². The van der Waals surface area contributed by atoms with Crippen molar-refractivity contribution in [3.8, 4) is 0 Å². The zero-order valence-electron chi connectivity index (χ0n) is 19.1. The van der Waals surface area contributed by atoms with Crippen molar-refractivity contribution < 1.29 is 19.0 Å². The molecule has 0 atom stereocenters. The Morgan fingerprint density at radius 1 is 1.19 bits per heavy atom. The minimum absolute atomic E-state index is 0.239. The first-order chi connectivity index (χ1) is 14.8. The molecule has 4 nitrogen and oxygen atoms in total. The van der Waals surface area contributed by atoms with Crippen LogP contribution >= 0.6 is 0 Å². The molecule has 1 saturated carbocycles. The highest BCUT2D eigenvalue weighted by molar-refractivity contribution is 5.83. The van der Waals surface area contributed by atoms with E-state index in [9.17, 15) is 14.3 Å². The van der Waals surface area contributed by atoms with Crippen LogP contribution in [0.3, 0.4) is 0 Å². The zero-order chi connectivity index (χ0) is 22.6. The molecular formula is C26H34FNO3. The van der Waals surface area contributed by atoms with Gasteiger partial charge < -0.3 is 14.7 Å². The number of piperidine rings is 1. The number of allylic oxidation sites excluding steroid dienone is 5. The van der Waals surface area contributed by atoms with Gasteiger partial charge in [-0.15, -0.1) is 0 Å². The topological polar surface area (TPSA) is 49.8 Å². The van der Waals surface area contributed by atoms with Gasteiger partial charge in [0, 0.05) is 19.6 Å². The van der Waals surface area contributed by atoms with Gasteiger partial charge in [0.2, 0.25) is 0 Å². The van der Waals surface area contributed by atoms with Crippen molar-refractivity contribution in [2.24, 2.45) is 5.41 Å². The smallest absolute Gasteiger partial charge is 0.310 e. The number of rotatable bonds is 3. The highest BCUT2D eigenvalue weighted by atomic mass is 19.1. The third-order valence-corrected chi connectivity index (χ3v) is 6.66. The van der Waals surface area contributed by atoms with Crippen LogP contribution in [0.5, 0.6) is 0 Å². The Morgan fingerprint density at radius 2 is 1.84 bits per heavy atom. The van der Waals surface area contributed by atoms with Gasteiger partial charge in [-0.25, -0.2) is 4.39 Å². The fourth-order valence-corrected chi connectivity index (χ4v) is 4.30. The Bertz CT molecular complexity index is 911. The highest BCUT2D eigenvalue weighted by Gasteiger charge is 2.51. The maximum absolute atomic E-state index is 13.7. The van der Waals surface area contributed by atoms with Crippen LogP contribution < -0.4 is 0 Å². The van der Waals surface area contributed by atoms with Crippen LogP contribution in [-0.2, 0) is 16.1 Å². The molecule has 5 heteroatoms. The summed E-state index contributed by atoms with van der Waals surface area (Å²) in [6.07, 6.45) is 7.41. The minimum Gasteiger partial charge on any atom is -0.493 e. The molecular weight excluding hydrogens is 393 g/mol. The van der Waals surface area contributed by atoms with Gasteiger partial charge in [-0.2, -0.15) is 0 Å². The molecule has 2 heterocycles. The molecule has 0 amide bonds. The van der Waals surface area contributed by atoms with Crippen LogP contribution in [0.4, 0.5) is 4.39 Å². The first-order valence-corrected chi connectivity index (χ1v) is 11.2. The molecule has 0 radical (unpaired) electrons. The maximum Gasteiger partial charge on any atom is 0.310 e. The molecule has 0 unspecified atom stereocenters. The van der Waals surface area contributed by atoms with Gasteiger partial charge in [0.1, 0.15) is 12.4 Å². The van der Waals surface area contributed by atoms with Crippen molar-refractivity contribution in [3.63, 3.8) is 0 Å². The summed E-state index contributed by atoms with van der Waals surface area (Å²) < 4.78 is 19.6. The van der Waals surface area contributed by atoms with Gasteiger partial charge in [0.25, 0.3) is 0 Å². The molecule has 2 fully saturated rings. The molecule has 1 aromatic rings. The fraction of sp³-hybridized carbons (Fsp3) is 0.500. The van der Waals surface area contributed by atoms with Crippen molar-refractivity contribution in [1.82, 2.24) is 4.90 Å². The Balaban J connectivity index is 0.000000628. The number of nitrogens with zero attached hydrogens (tertiary/aromatic N) is 1. The van der Waals surface area contributed by atoms with Gasteiger partial charge in [0.05, 0.1) is 11.2 Å². The maximum atomic E-state index is 13.7. The number of benzene rings is 1. The first kappa shape index (κ1) is 23.3. The predicted octanol–water partition coefficient (Wildman–Crippen LogP) is 5.95. The predicted molar refractivity (Wildman–Crippen MR) is 122 cm³/mol. The number of fused-ring (bicyclic) bond motifs is 1. The molecule has 3 aliphatic rings. The number of hydrogen-bond donors (Lipinski definition) is 1. The van der Waals surface area contributed by atoms with Crippen LogP contribution in [0.25, 0.3) is 5.57 Å². The van der Waals surface area contributed by atoms with E-state index in [1.54, 1.807) is 6.07 Å². The van der Waals surface area contributed by atoms with Gasteiger partial charge >= 0.3 is 5.97 Å². The van der Waals surface area contributed by atoms with Crippen LogP contribution in [0.15, 0.2) is 47.3 Å². The highest BCUT2D eigenvalue weighted by Crippen LogP contribution is 2.47. The van der Waals surface area contributed by atoms with Gasteiger partial charge in [-0.05, 0) is 87.8 Å². The lowest BCUT2D eigenvalue weighted by Gasteiger charge is -2.32. The first-order valence-electron chi connectivity index (χ1n) is 11.2. The van der Waals surface area contributed by atoms with Crippen molar-refractivity contribution in [2.75, 3.05) is 19.6 Å². The Hall–Kier alpha value is -2.40. The van der Waals surface area contributed by atoms with E-state index in [1.807, 2.05) is 39.0 Å². The van der Waals surface area contributed by atoms with E-state index in [-0.39, 0.29) is 5.82 Å². The number of carboxylic acid groups (broad SMARTS) is 1. The molecule has 1 N–H and O–H groups in total. The second-order valence-corrected chi connectivity index (χ2v) is 8.78. The average Bonchev–Trinajstić information content (AvgIpc) is 3.56. The Morgan fingerprint density at radius 3 is 2.39 bits per heavy atom. The van der Waals surface area contributed by atoms with Crippen molar-refractivity contribution in [3.05, 3.63) is 64.2 Å². The summed E-state index contributed by atoms with van der Waals surface area (Å²) >= 11 is 0. The van der Waals surface area contributed by atoms with Gasteiger partial charge in [0.15, 0.2) is 0 Å². The number of likely N-dealkylation sites (tertiary alicyclic amines) is 1. The SMILES string of the molecule is C/C=C\C.CC1=C(C)C(=C2CCN(CC3(C(=O)O)CC3)CC2)c2ccc(F)cc2CO1. The summed E-state index contributed by atoms with van der Waals surface area (Å²) in [4.78, 5) is 13.8. The molecule has 1 aliphatic carbocycles. The van der Waals surface area contributed by atoms with E-state index in [1.165, 1.54) is 17.2 Å². The van der Waals surface area contributed by atoms with Crippen LogP contribution in [-0.4, -0.2) is 35.6 Å². The summed E-state index contributed by atoms with van der Waals surface area (Å²) in [5, 5.41) is 9.43. The molecule has 2 aliphatic heterocycles. The standard InChI is InChI=1S/C22H26FNO3.C4H8/c1-14-15(2)27-12-17-11-18(23)3-4-19(17)20(14)16-5-9-24(10-6-16)13-22(7-8-22)21(25)26;1-3-4-2/h3-4,11H,5-10,12-13H2,1-2H3,(H,25,26);3-4H,1-2H3/b;4-3-. The monoisotopic (exact) mass is 427 g/mol. The number of halogens is 1. The number of carboxylic acids is 1. The lowest BCUT2D eigenvalue weighted by molar-refractivity contribution is -0.144. The lowest BCUT2D eigenvalue weighted by atomic mass is 9.86.